The molecule has 0 spiro atoms. The first-order chi connectivity index (χ1) is 17.4. The molecule has 1 fully saturated rings. The van der Waals surface area contributed by atoms with Gasteiger partial charge in [-0.15, -0.1) is 0 Å². The van der Waals surface area contributed by atoms with E-state index in [4.69, 9.17) is 21.1 Å². The molecule has 0 bridgehead atoms. The summed E-state index contributed by atoms with van der Waals surface area (Å²) in [5.41, 5.74) is 3.48. The van der Waals surface area contributed by atoms with Gasteiger partial charge in [-0.2, -0.15) is 0 Å². The molecule has 5 nitrogen and oxygen atoms in total. The number of aryl methyl sites for hydroxylation is 1. The van der Waals surface area contributed by atoms with Crippen molar-refractivity contribution in [1.29, 1.82) is 0 Å². The van der Waals surface area contributed by atoms with E-state index in [9.17, 15) is 9.18 Å². The Morgan fingerprint density at radius 1 is 1.06 bits per heavy atom. The smallest absolute Gasteiger partial charge is 0.266 e. The molecule has 36 heavy (non-hydrogen) atoms. The molecule has 0 atom stereocenters. The second-order valence-corrected chi connectivity index (χ2v) is 9.48. The molecule has 0 radical (unpaired) electrons. The van der Waals surface area contributed by atoms with Gasteiger partial charge in [0.2, 0.25) is 0 Å². The van der Waals surface area contributed by atoms with E-state index in [0.717, 1.165) is 5.56 Å². The maximum absolute atomic E-state index is 13.2. The van der Waals surface area contributed by atoms with Gasteiger partial charge in [0.05, 0.1) is 22.2 Å². The van der Waals surface area contributed by atoms with Gasteiger partial charge in [-0.05, 0) is 86.1 Å². The largest absolute Gasteiger partial charge is 0.490 e. The molecule has 1 aliphatic heterocycles. The molecular formula is C28H26ClFN2O3S. The van der Waals surface area contributed by atoms with Crippen molar-refractivity contribution in [1.82, 2.24) is 4.90 Å². The molecule has 0 saturated carbocycles. The van der Waals surface area contributed by atoms with Crippen LogP contribution in [0.1, 0.15) is 30.5 Å². The van der Waals surface area contributed by atoms with Crippen LogP contribution in [0, 0.1) is 12.7 Å². The topological polar surface area (TPSA) is 51.1 Å². The molecule has 1 saturated heterocycles. The Morgan fingerprint density at radius 2 is 1.78 bits per heavy atom. The summed E-state index contributed by atoms with van der Waals surface area (Å²) in [4.78, 5) is 19.7. The summed E-state index contributed by atoms with van der Waals surface area (Å²) in [6, 6.07) is 17.5. The van der Waals surface area contributed by atoms with Crippen LogP contribution >= 0.6 is 23.4 Å². The Morgan fingerprint density at radius 3 is 2.44 bits per heavy atom. The Balaban J connectivity index is 1.60. The number of hydrogen-bond donors (Lipinski definition) is 0. The number of thioether (sulfide) groups is 1. The molecule has 1 aliphatic rings. The predicted molar refractivity (Wildman–Crippen MR) is 145 cm³/mol. The summed E-state index contributed by atoms with van der Waals surface area (Å²) < 4.78 is 25.1. The molecule has 8 heteroatoms. The Kier molecular flexibility index (Phi) is 8.33. The summed E-state index contributed by atoms with van der Waals surface area (Å²) in [7, 11) is 0. The van der Waals surface area contributed by atoms with E-state index in [1.54, 1.807) is 29.2 Å². The minimum absolute atomic E-state index is 0.155. The minimum Gasteiger partial charge on any atom is -0.490 e. The van der Waals surface area contributed by atoms with E-state index in [1.807, 2.05) is 51.1 Å². The normalized spacial score (nSPS) is 15.7. The number of carbonyl (C=O) groups excluding carboxylic acids is 1. The Labute approximate surface area is 219 Å². The molecule has 3 aromatic rings. The lowest BCUT2D eigenvalue weighted by molar-refractivity contribution is -0.122. The van der Waals surface area contributed by atoms with Crippen LogP contribution in [-0.4, -0.2) is 29.1 Å². The van der Waals surface area contributed by atoms with Crippen molar-refractivity contribution >= 4 is 46.2 Å². The van der Waals surface area contributed by atoms with E-state index < -0.39 is 0 Å². The molecule has 3 aromatic carbocycles. The first-order valence-electron chi connectivity index (χ1n) is 11.6. The predicted octanol–water partition coefficient (Wildman–Crippen LogP) is 7.39. The van der Waals surface area contributed by atoms with E-state index in [2.05, 4.69) is 4.99 Å². The molecule has 0 N–H and O–H groups in total. The average Bonchev–Trinajstić information content (AvgIpc) is 3.14. The van der Waals surface area contributed by atoms with E-state index in [0.29, 0.717) is 57.6 Å². The van der Waals surface area contributed by atoms with Crippen LogP contribution in [0.2, 0.25) is 5.02 Å². The fourth-order valence-corrected chi connectivity index (χ4v) is 4.90. The summed E-state index contributed by atoms with van der Waals surface area (Å²) >= 11 is 7.86. The number of hydrogen-bond acceptors (Lipinski definition) is 5. The molecule has 4 rings (SSSR count). The lowest BCUT2D eigenvalue weighted by Gasteiger charge is -2.15. The first kappa shape index (κ1) is 25.8. The van der Waals surface area contributed by atoms with E-state index in [-0.39, 0.29) is 11.7 Å². The van der Waals surface area contributed by atoms with E-state index in [1.165, 1.54) is 29.5 Å². The second-order valence-electron chi connectivity index (χ2n) is 8.07. The fourth-order valence-electron chi connectivity index (χ4n) is 3.56. The monoisotopic (exact) mass is 524 g/mol. The van der Waals surface area contributed by atoms with Crippen molar-refractivity contribution in [3.63, 3.8) is 0 Å². The van der Waals surface area contributed by atoms with Crippen LogP contribution in [0.3, 0.4) is 0 Å². The van der Waals surface area contributed by atoms with E-state index >= 15 is 0 Å². The van der Waals surface area contributed by atoms with Crippen molar-refractivity contribution in [2.45, 2.75) is 27.4 Å². The third kappa shape index (κ3) is 6.09. The number of halogens is 2. The molecule has 0 aliphatic carbocycles. The number of nitrogens with zero attached hydrogens (tertiary/aromatic N) is 2. The highest BCUT2D eigenvalue weighted by molar-refractivity contribution is 8.18. The van der Waals surface area contributed by atoms with Gasteiger partial charge in [0.1, 0.15) is 12.4 Å². The Hall–Kier alpha value is -3.29. The third-order valence-electron chi connectivity index (χ3n) is 5.39. The number of likely N-dealkylation sites (N-methyl/N-ethyl adjacent to an activating group) is 1. The summed E-state index contributed by atoms with van der Waals surface area (Å²) in [5, 5.41) is 0.928. The fraction of sp³-hybridized carbons (Fsp3) is 0.214. The van der Waals surface area contributed by atoms with Gasteiger partial charge in [0, 0.05) is 6.54 Å². The van der Waals surface area contributed by atoms with Crippen LogP contribution in [0.5, 0.6) is 11.5 Å². The van der Waals surface area contributed by atoms with Gasteiger partial charge < -0.3 is 9.47 Å². The number of amidine groups is 1. The maximum Gasteiger partial charge on any atom is 0.266 e. The van der Waals surface area contributed by atoms with Crippen LogP contribution in [0.15, 0.2) is 70.6 Å². The SMILES string of the molecule is CCOc1cc(/C=C2/SC(=Nc3ccc(F)cc3)N(CC)C2=O)cc(Cl)c1OCc1ccc(C)cc1. The molecule has 0 unspecified atom stereocenters. The van der Waals surface area contributed by atoms with Crippen molar-refractivity contribution in [3.8, 4) is 11.5 Å². The number of benzene rings is 3. The quantitative estimate of drug-likeness (QED) is 0.288. The summed E-state index contributed by atoms with van der Waals surface area (Å²) in [6.07, 6.45) is 1.76. The highest BCUT2D eigenvalue weighted by Crippen LogP contribution is 2.40. The number of amides is 1. The lowest BCUT2D eigenvalue weighted by Crippen LogP contribution is -2.28. The maximum atomic E-state index is 13.2. The van der Waals surface area contributed by atoms with Crippen LogP contribution in [-0.2, 0) is 11.4 Å². The second kappa shape index (κ2) is 11.6. The van der Waals surface area contributed by atoms with Crippen LogP contribution in [0.25, 0.3) is 6.08 Å². The van der Waals surface area contributed by atoms with Gasteiger partial charge in [-0.25, -0.2) is 9.38 Å². The van der Waals surface area contributed by atoms with Crippen molar-refractivity contribution in [2.24, 2.45) is 4.99 Å². The summed E-state index contributed by atoms with van der Waals surface area (Å²) in [5.74, 6) is 0.472. The van der Waals surface area contributed by atoms with Crippen LogP contribution < -0.4 is 9.47 Å². The highest BCUT2D eigenvalue weighted by Gasteiger charge is 2.32. The Bertz CT molecular complexity index is 1310. The average molecular weight is 525 g/mol. The number of aliphatic imine (C=N–C) groups is 1. The van der Waals surface area contributed by atoms with Gasteiger partial charge in [-0.3, -0.25) is 9.69 Å². The molecule has 0 aromatic heterocycles. The molecule has 1 amide bonds. The highest BCUT2D eigenvalue weighted by atomic mass is 35.5. The number of ether oxygens (including phenoxy) is 2. The molecular weight excluding hydrogens is 499 g/mol. The molecule has 1 heterocycles. The van der Waals surface area contributed by atoms with Crippen molar-refractivity contribution < 1.29 is 18.7 Å². The lowest BCUT2D eigenvalue weighted by atomic mass is 10.1. The van der Waals surface area contributed by atoms with Crippen LogP contribution in [0.4, 0.5) is 10.1 Å². The number of carbonyl (C=O) groups is 1. The number of rotatable bonds is 8. The zero-order valence-electron chi connectivity index (χ0n) is 20.3. The molecule has 186 valence electrons. The standard InChI is InChI=1S/C28H26ClFN2O3S/c1-4-32-27(33)25(36-28(32)31-22-12-10-21(30)11-13-22)16-20-14-23(29)26(24(15-20)34-5-2)35-17-19-8-6-18(3)7-9-19/h6-16H,4-5,17H2,1-3H3/b25-16+,31-28?. The van der Waals surface area contributed by atoms with Gasteiger partial charge in [0.25, 0.3) is 5.91 Å². The third-order valence-corrected chi connectivity index (χ3v) is 6.68. The summed E-state index contributed by atoms with van der Waals surface area (Å²) in [6.45, 7) is 7.04. The van der Waals surface area contributed by atoms with Gasteiger partial charge >= 0.3 is 0 Å². The van der Waals surface area contributed by atoms with Crippen molar-refractivity contribution in [2.75, 3.05) is 13.2 Å². The van der Waals surface area contributed by atoms with Crippen molar-refractivity contribution in [3.05, 3.63) is 93.1 Å². The minimum atomic E-state index is -0.338. The zero-order chi connectivity index (χ0) is 25.7. The first-order valence-corrected chi connectivity index (χ1v) is 12.8. The van der Waals surface area contributed by atoms with Gasteiger partial charge in [0.15, 0.2) is 16.7 Å². The zero-order valence-corrected chi connectivity index (χ0v) is 21.8. The van der Waals surface area contributed by atoms with Gasteiger partial charge in [-0.1, -0.05) is 41.4 Å².